The number of benzene rings is 1. The fourth-order valence-corrected chi connectivity index (χ4v) is 9.93. The first-order valence-corrected chi connectivity index (χ1v) is 13.8. The second-order valence-corrected chi connectivity index (χ2v) is 12.3. The van der Waals surface area contributed by atoms with Gasteiger partial charge in [-0.3, -0.25) is 29.1 Å². The van der Waals surface area contributed by atoms with E-state index >= 15 is 0 Å². The average Bonchev–Trinajstić information content (AvgIpc) is 3.62. The van der Waals surface area contributed by atoms with E-state index < -0.39 is 23.6 Å². The number of likely N-dealkylation sites (tertiary alicyclic amines) is 1. The minimum atomic E-state index is -0.500. The first kappa shape index (κ1) is 22.9. The average molecular weight is 537 g/mol. The minimum absolute atomic E-state index is 0.0117. The van der Waals surface area contributed by atoms with E-state index in [1.54, 1.807) is 18.0 Å². The first-order chi connectivity index (χ1) is 17.9. The van der Waals surface area contributed by atoms with Crippen molar-refractivity contribution in [3.63, 3.8) is 0 Å². The SMILES string of the molecule is O=C(CN1C(=O)C2C3CC(C2C1=O)C1C(c2cccnc2)c2sc(=O)[nH]c2SC31)Nc1ccc(F)cc1. The van der Waals surface area contributed by atoms with Crippen LogP contribution in [0.15, 0.2) is 58.6 Å². The Hall–Kier alpha value is -3.31. The number of fused-ring (bicyclic) bond motifs is 9. The van der Waals surface area contributed by atoms with Gasteiger partial charge < -0.3 is 10.3 Å². The smallest absolute Gasteiger partial charge is 0.305 e. The number of imide groups is 1. The Bertz CT molecular complexity index is 1490. The van der Waals surface area contributed by atoms with Crippen LogP contribution in [0.1, 0.15) is 22.8 Å². The molecule has 37 heavy (non-hydrogen) atoms. The van der Waals surface area contributed by atoms with Gasteiger partial charge in [0, 0.05) is 34.1 Å². The van der Waals surface area contributed by atoms with Gasteiger partial charge in [-0.15, -0.1) is 11.8 Å². The number of H-pyrrole nitrogens is 1. The van der Waals surface area contributed by atoms with Gasteiger partial charge in [-0.1, -0.05) is 17.4 Å². The molecule has 2 aromatic heterocycles. The maximum absolute atomic E-state index is 13.6. The lowest BCUT2D eigenvalue weighted by atomic mass is 9.68. The molecule has 3 aromatic rings. The maximum atomic E-state index is 13.6. The molecule has 2 aliphatic carbocycles. The van der Waals surface area contributed by atoms with Crippen molar-refractivity contribution in [2.75, 3.05) is 11.9 Å². The molecule has 0 spiro atoms. The highest BCUT2D eigenvalue weighted by atomic mass is 32.2. The van der Waals surface area contributed by atoms with Crippen molar-refractivity contribution in [2.45, 2.75) is 22.6 Å². The number of aromatic nitrogens is 2. The predicted molar refractivity (Wildman–Crippen MR) is 134 cm³/mol. The molecule has 7 atom stereocenters. The molecule has 2 bridgehead atoms. The van der Waals surface area contributed by atoms with Gasteiger partial charge in [0.25, 0.3) is 0 Å². The Labute approximate surface area is 218 Å². The van der Waals surface area contributed by atoms with Gasteiger partial charge in [0.15, 0.2) is 0 Å². The van der Waals surface area contributed by atoms with E-state index in [0.29, 0.717) is 5.69 Å². The summed E-state index contributed by atoms with van der Waals surface area (Å²) < 4.78 is 13.2. The number of nitrogens with zero attached hydrogens (tertiary/aromatic N) is 2. The summed E-state index contributed by atoms with van der Waals surface area (Å²) in [6.07, 6.45) is 4.31. The highest BCUT2D eigenvalue weighted by Gasteiger charge is 2.69. The number of thiazole rings is 1. The molecule has 2 N–H and O–H groups in total. The number of rotatable bonds is 4. The summed E-state index contributed by atoms with van der Waals surface area (Å²) in [6, 6.07) is 9.21. The van der Waals surface area contributed by atoms with Crippen LogP contribution < -0.4 is 10.2 Å². The highest BCUT2D eigenvalue weighted by molar-refractivity contribution is 8.00. The lowest BCUT2D eigenvalue weighted by molar-refractivity contribution is -0.143. The van der Waals surface area contributed by atoms with Crippen molar-refractivity contribution in [2.24, 2.45) is 29.6 Å². The Kier molecular flexibility index (Phi) is 5.16. The van der Waals surface area contributed by atoms with Gasteiger partial charge in [-0.25, -0.2) is 4.39 Å². The molecule has 2 saturated carbocycles. The van der Waals surface area contributed by atoms with Crippen molar-refractivity contribution in [1.29, 1.82) is 0 Å². The molecule has 2 aliphatic heterocycles. The van der Waals surface area contributed by atoms with Crippen LogP contribution in [-0.4, -0.2) is 44.4 Å². The van der Waals surface area contributed by atoms with Gasteiger partial charge in [-0.2, -0.15) is 0 Å². The summed E-state index contributed by atoms with van der Waals surface area (Å²) in [5.41, 5.74) is 1.40. The normalized spacial score (nSPS) is 31.3. The largest absolute Gasteiger partial charge is 0.325 e. The van der Waals surface area contributed by atoms with Gasteiger partial charge >= 0.3 is 4.87 Å². The number of carbonyl (C=O) groups is 3. The minimum Gasteiger partial charge on any atom is -0.325 e. The molecule has 7 rings (SSSR count). The molecule has 11 heteroatoms. The second kappa shape index (κ2) is 8.35. The Morgan fingerprint density at radius 1 is 1.11 bits per heavy atom. The van der Waals surface area contributed by atoms with Crippen molar-refractivity contribution in [3.8, 4) is 0 Å². The summed E-state index contributed by atoms with van der Waals surface area (Å²) in [7, 11) is 0. The van der Waals surface area contributed by atoms with Crippen LogP contribution in [0, 0.1) is 35.4 Å². The van der Waals surface area contributed by atoms with Crippen LogP contribution >= 0.6 is 23.1 Å². The number of carbonyl (C=O) groups excluding carboxylic acids is 3. The molecular weight excluding hydrogens is 515 g/mol. The van der Waals surface area contributed by atoms with Crippen molar-refractivity contribution < 1.29 is 18.8 Å². The Morgan fingerprint density at radius 2 is 1.86 bits per heavy atom. The van der Waals surface area contributed by atoms with Crippen molar-refractivity contribution in [3.05, 3.63) is 74.7 Å². The molecule has 4 heterocycles. The summed E-state index contributed by atoms with van der Waals surface area (Å²) >= 11 is 2.83. The Morgan fingerprint density at radius 3 is 2.59 bits per heavy atom. The molecule has 0 radical (unpaired) electrons. The monoisotopic (exact) mass is 536 g/mol. The topological polar surface area (TPSA) is 112 Å². The van der Waals surface area contributed by atoms with Crippen LogP contribution in [0.2, 0.25) is 0 Å². The van der Waals surface area contributed by atoms with Gasteiger partial charge in [0.2, 0.25) is 17.7 Å². The van der Waals surface area contributed by atoms with Crippen molar-refractivity contribution >= 4 is 46.5 Å². The first-order valence-electron chi connectivity index (χ1n) is 12.1. The molecule has 3 amide bonds. The number of amides is 3. The van der Waals surface area contributed by atoms with E-state index in [9.17, 15) is 23.6 Å². The fraction of sp³-hybridized carbons (Fsp3) is 0.346. The molecule has 3 fully saturated rings. The highest BCUT2D eigenvalue weighted by Crippen LogP contribution is 2.68. The number of pyridine rings is 1. The number of nitrogens with one attached hydrogen (secondary N) is 2. The summed E-state index contributed by atoms with van der Waals surface area (Å²) in [5, 5.41) is 3.57. The Balaban J connectivity index is 1.18. The van der Waals surface area contributed by atoms with Crippen molar-refractivity contribution in [1.82, 2.24) is 14.9 Å². The molecular formula is C26H21FN4O4S2. The number of halogens is 1. The van der Waals surface area contributed by atoms with Crippen LogP contribution in [0.4, 0.5) is 10.1 Å². The number of thioether (sulfide) groups is 1. The van der Waals surface area contributed by atoms with E-state index in [0.717, 1.165) is 26.8 Å². The van der Waals surface area contributed by atoms with Crippen LogP contribution in [0.25, 0.3) is 0 Å². The standard InChI is InChI=1S/C26H21FN4O4S2/c27-12-3-5-13(6-4-12)29-16(32)10-31-24(33)19-14-8-15(20(19)25(31)34)21-18(14)17(11-2-1-7-28-9-11)22-23(36-21)30-26(35)37-22/h1-7,9,14-15,17-21H,8,10H2,(H,29,32)(H,30,35). The quantitative estimate of drug-likeness (QED) is 0.496. The van der Waals surface area contributed by atoms with E-state index in [1.165, 1.54) is 35.6 Å². The van der Waals surface area contributed by atoms with Gasteiger partial charge in [0.1, 0.15) is 12.4 Å². The molecule has 188 valence electrons. The van der Waals surface area contributed by atoms with E-state index in [2.05, 4.69) is 15.3 Å². The van der Waals surface area contributed by atoms with E-state index in [1.807, 2.05) is 18.3 Å². The molecule has 1 saturated heterocycles. The van der Waals surface area contributed by atoms with E-state index in [-0.39, 0.29) is 52.2 Å². The number of hydrogen-bond donors (Lipinski definition) is 2. The zero-order chi connectivity index (χ0) is 25.4. The summed E-state index contributed by atoms with van der Waals surface area (Å²) in [5.74, 6) is -2.45. The third-order valence-electron chi connectivity index (χ3n) is 8.29. The molecule has 7 unspecified atom stereocenters. The number of hydrogen-bond acceptors (Lipinski definition) is 7. The predicted octanol–water partition coefficient (Wildman–Crippen LogP) is 3.08. The number of anilines is 1. The molecule has 1 aromatic carbocycles. The zero-order valence-corrected chi connectivity index (χ0v) is 20.9. The van der Waals surface area contributed by atoms with E-state index in [4.69, 9.17) is 0 Å². The van der Waals surface area contributed by atoms with Crippen LogP contribution in [0.3, 0.4) is 0 Å². The summed E-state index contributed by atoms with van der Waals surface area (Å²) in [6.45, 7) is -0.364. The fourth-order valence-electron chi connectivity index (χ4n) is 7.04. The van der Waals surface area contributed by atoms with Gasteiger partial charge in [0.05, 0.1) is 16.9 Å². The lowest BCUT2D eigenvalue weighted by Gasteiger charge is -2.42. The van der Waals surface area contributed by atoms with Crippen LogP contribution in [-0.2, 0) is 14.4 Å². The maximum Gasteiger partial charge on any atom is 0.305 e. The lowest BCUT2D eigenvalue weighted by Crippen LogP contribution is -2.42. The number of aromatic amines is 1. The molecule has 8 nitrogen and oxygen atoms in total. The third-order valence-corrected chi connectivity index (χ3v) is 10.9. The third kappa shape index (κ3) is 3.43. The molecule has 4 aliphatic rings. The zero-order valence-electron chi connectivity index (χ0n) is 19.3. The summed E-state index contributed by atoms with van der Waals surface area (Å²) in [4.78, 5) is 61.3. The van der Waals surface area contributed by atoms with Crippen LogP contribution in [0.5, 0.6) is 0 Å². The van der Waals surface area contributed by atoms with Gasteiger partial charge in [-0.05, 0) is 60.1 Å². The second-order valence-electron chi connectivity index (χ2n) is 10.1.